The van der Waals surface area contributed by atoms with E-state index in [2.05, 4.69) is 15.9 Å². The van der Waals surface area contributed by atoms with Gasteiger partial charge in [0.05, 0.1) is 17.6 Å². The monoisotopic (exact) mass is 357 g/mol. The van der Waals surface area contributed by atoms with Crippen molar-refractivity contribution in [1.82, 2.24) is 4.90 Å². The SMILES string of the molecule is O=C(O)[C@@H]1CN(C(=O)c2cc(Br)c3c(c2)OCO3)CCO1. The Kier molecular flexibility index (Phi) is 3.73. The van der Waals surface area contributed by atoms with Gasteiger partial charge in [-0.3, -0.25) is 4.79 Å². The van der Waals surface area contributed by atoms with Gasteiger partial charge in [0.15, 0.2) is 17.6 Å². The summed E-state index contributed by atoms with van der Waals surface area (Å²) in [6, 6.07) is 3.24. The first-order chi connectivity index (χ1) is 10.1. The molecule has 112 valence electrons. The molecule has 0 bridgehead atoms. The molecular weight excluding hydrogens is 346 g/mol. The quantitative estimate of drug-likeness (QED) is 0.853. The Hall–Kier alpha value is -1.80. The lowest BCUT2D eigenvalue weighted by molar-refractivity contribution is -0.154. The Balaban J connectivity index is 1.82. The summed E-state index contributed by atoms with van der Waals surface area (Å²) in [6.07, 6.45) is -0.986. The number of morpholine rings is 1. The van der Waals surface area contributed by atoms with Crippen molar-refractivity contribution < 1.29 is 28.9 Å². The van der Waals surface area contributed by atoms with Crippen LogP contribution in [0.2, 0.25) is 0 Å². The van der Waals surface area contributed by atoms with Gasteiger partial charge in [0.2, 0.25) is 6.79 Å². The van der Waals surface area contributed by atoms with E-state index in [1.165, 1.54) is 4.90 Å². The first-order valence-electron chi connectivity index (χ1n) is 6.29. The van der Waals surface area contributed by atoms with Crippen LogP contribution in [0, 0.1) is 0 Å². The first-order valence-corrected chi connectivity index (χ1v) is 7.08. The standard InChI is InChI=1S/C13H12BrNO6/c14-8-3-7(4-9-11(8)21-6-20-9)12(16)15-1-2-19-10(5-15)13(17)18/h3-4,10H,1-2,5-6H2,(H,17,18)/t10-/m0/s1. The van der Waals surface area contributed by atoms with Crippen LogP contribution in [-0.4, -0.2) is 54.5 Å². The average molecular weight is 358 g/mol. The molecule has 1 fully saturated rings. The molecule has 0 aromatic heterocycles. The highest BCUT2D eigenvalue weighted by atomic mass is 79.9. The number of carbonyl (C=O) groups excluding carboxylic acids is 1. The van der Waals surface area contributed by atoms with Crippen LogP contribution < -0.4 is 9.47 Å². The molecule has 7 nitrogen and oxygen atoms in total. The number of aliphatic carboxylic acids is 1. The molecule has 21 heavy (non-hydrogen) atoms. The van der Waals surface area contributed by atoms with Gasteiger partial charge >= 0.3 is 5.97 Å². The summed E-state index contributed by atoms with van der Waals surface area (Å²) in [4.78, 5) is 24.9. The molecule has 2 heterocycles. The number of amides is 1. The largest absolute Gasteiger partial charge is 0.479 e. The minimum absolute atomic E-state index is 0.0280. The molecule has 1 amide bonds. The Morgan fingerprint density at radius 3 is 2.90 bits per heavy atom. The van der Waals surface area contributed by atoms with Crippen LogP contribution in [0.25, 0.3) is 0 Å². The molecule has 0 aliphatic carbocycles. The maximum absolute atomic E-state index is 12.5. The number of fused-ring (bicyclic) bond motifs is 1. The van der Waals surface area contributed by atoms with Crippen molar-refractivity contribution >= 4 is 27.8 Å². The summed E-state index contributed by atoms with van der Waals surface area (Å²) in [6.45, 7) is 0.702. The number of halogens is 1. The van der Waals surface area contributed by atoms with Gasteiger partial charge in [-0.05, 0) is 28.1 Å². The Morgan fingerprint density at radius 1 is 1.33 bits per heavy atom. The third-order valence-electron chi connectivity index (χ3n) is 3.30. The predicted molar refractivity (Wildman–Crippen MR) is 73.5 cm³/mol. The van der Waals surface area contributed by atoms with Crippen LogP contribution in [0.15, 0.2) is 16.6 Å². The van der Waals surface area contributed by atoms with Gasteiger partial charge in [-0.15, -0.1) is 0 Å². The summed E-state index contributed by atoms with van der Waals surface area (Å²) in [5.41, 5.74) is 0.414. The van der Waals surface area contributed by atoms with Crippen LogP contribution in [0.4, 0.5) is 0 Å². The molecular formula is C13H12BrNO6. The molecule has 0 unspecified atom stereocenters. The number of ether oxygens (including phenoxy) is 3. The van der Waals surface area contributed by atoms with Gasteiger partial charge in [-0.2, -0.15) is 0 Å². The average Bonchev–Trinajstić information content (AvgIpc) is 2.95. The van der Waals surface area contributed by atoms with Gasteiger partial charge in [0.25, 0.3) is 5.91 Å². The Morgan fingerprint density at radius 2 is 2.14 bits per heavy atom. The summed E-state index contributed by atoms with van der Waals surface area (Å²) in [5, 5.41) is 8.97. The molecule has 0 spiro atoms. The van der Waals surface area contributed by atoms with Crippen molar-refractivity contribution in [3.05, 3.63) is 22.2 Å². The minimum atomic E-state index is -1.07. The van der Waals surface area contributed by atoms with Gasteiger partial charge in [-0.25, -0.2) is 4.79 Å². The van der Waals surface area contributed by atoms with Crippen LogP contribution >= 0.6 is 15.9 Å². The highest BCUT2D eigenvalue weighted by Crippen LogP contribution is 2.40. The van der Waals surface area contributed by atoms with Crippen molar-refractivity contribution in [2.24, 2.45) is 0 Å². The molecule has 1 atom stereocenters. The van der Waals surface area contributed by atoms with Crippen LogP contribution in [-0.2, 0) is 9.53 Å². The van der Waals surface area contributed by atoms with Crippen molar-refractivity contribution in [3.63, 3.8) is 0 Å². The Labute approximate surface area is 128 Å². The van der Waals surface area contributed by atoms with E-state index in [4.69, 9.17) is 19.3 Å². The lowest BCUT2D eigenvalue weighted by atomic mass is 10.1. The second-order valence-corrected chi connectivity index (χ2v) is 5.50. The van der Waals surface area contributed by atoms with E-state index in [-0.39, 0.29) is 25.9 Å². The number of carboxylic acid groups (broad SMARTS) is 1. The number of nitrogens with zero attached hydrogens (tertiary/aromatic N) is 1. The maximum Gasteiger partial charge on any atom is 0.334 e. The number of rotatable bonds is 2. The van der Waals surface area contributed by atoms with E-state index in [1.807, 2.05) is 0 Å². The van der Waals surface area contributed by atoms with Gasteiger partial charge in [0.1, 0.15) is 0 Å². The third kappa shape index (κ3) is 2.68. The van der Waals surface area contributed by atoms with Crippen molar-refractivity contribution in [2.75, 3.05) is 26.5 Å². The van der Waals surface area contributed by atoms with E-state index in [1.54, 1.807) is 12.1 Å². The zero-order valence-electron chi connectivity index (χ0n) is 10.9. The fraction of sp³-hybridized carbons (Fsp3) is 0.385. The van der Waals surface area contributed by atoms with E-state index >= 15 is 0 Å². The van der Waals surface area contributed by atoms with Crippen molar-refractivity contribution in [2.45, 2.75) is 6.10 Å². The van der Waals surface area contributed by atoms with Crippen molar-refractivity contribution in [1.29, 1.82) is 0 Å². The zero-order chi connectivity index (χ0) is 15.0. The van der Waals surface area contributed by atoms with E-state index in [9.17, 15) is 9.59 Å². The molecule has 8 heteroatoms. The fourth-order valence-electron chi connectivity index (χ4n) is 2.26. The third-order valence-corrected chi connectivity index (χ3v) is 3.89. The number of hydrogen-bond donors (Lipinski definition) is 1. The van der Waals surface area contributed by atoms with Crippen LogP contribution in [0.1, 0.15) is 10.4 Å². The summed E-state index contributed by atoms with van der Waals surface area (Å²) in [5.74, 6) is -0.268. The van der Waals surface area contributed by atoms with E-state index in [0.29, 0.717) is 28.1 Å². The molecule has 1 saturated heterocycles. The molecule has 1 N–H and O–H groups in total. The molecule has 3 rings (SSSR count). The molecule has 1 aromatic carbocycles. The second-order valence-electron chi connectivity index (χ2n) is 4.64. The zero-order valence-corrected chi connectivity index (χ0v) is 12.5. The number of carboxylic acids is 1. The summed E-state index contributed by atoms with van der Waals surface area (Å²) >= 11 is 3.33. The van der Waals surface area contributed by atoms with Crippen LogP contribution in [0.3, 0.4) is 0 Å². The summed E-state index contributed by atoms with van der Waals surface area (Å²) < 4.78 is 16.3. The topological polar surface area (TPSA) is 85.3 Å². The first kappa shape index (κ1) is 14.2. The van der Waals surface area contributed by atoms with Gasteiger partial charge < -0.3 is 24.2 Å². The molecule has 2 aliphatic rings. The fourth-order valence-corrected chi connectivity index (χ4v) is 2.81. The minimum Gasteiger partial charge on any atom is -0.479 e. The molecule has 2 aliphatic heterocycles. The number of benzene rings is 1. The van der Waals surface area contributed by atoms with Gasteiger partial charge in [-0.1, -0.05) is 0 Å². The normalized spacial score (nSPS) is 20.4. The highest BCUT2D eigenvalue weighted by Gasteiger charge is 2.30. The predicted octanol–water partition coefficient (Wildman–Crippen LogP) is 1.10. The lowest BCUT2D eigenvalue weighted by Crippen LogP contribution is -2.48. The van der Waals surface area contributed by atoms with Crippen LogP contribution in [0.5, 0.6) is 11.5 Å². The summed E-state index contributed by atoms with van der Waals surface area (Å²) in [7, 11) is 0. The highest BCUT2D eigenvalue weighted by molar-refractivity contribution is 9.10. The van der Waals surface area contributed by atoms with E-state index in [0.717, 1.165) is 0 Å². The lowest BCUT2D eigenvalue weighted by Gasteiger charge is -2.31. The Bertz CT molecular complexity index is 605. The number of carbonyl (C=O) groups is 2. The smallest absolute Gasteiger partial charge is 0.334 e. The van der Waals surface area contributed by atoms with Gasteiger partial charge in [0, 0.05) is 12.1 Å². The van der Waals surface area contributed by atoms with Crippen molar-refractivity contribution in [3.8, 4) is 11.5 Å². The molecule has 0 radical (unpaired) electrons. The molecule has 0 saturated carbocycles. The maximum atomic E-state index is 12.5. The van der Waals surface area contributed by atoms with E-state index < -0.39 is 12.1 Å². The molecule has 1 aromatic rings. The number of hydrogen-bond acceptors (Lipinski definition) is 5. The second kappa shape index (κ2) is 5.53.